The lowest BCUT2D eigenvalue weighted by atomic mass is 10.0. The van der Waals surface area contributed by atoms with Gasteiger partial charge in [-0.25, -0.2) is 4.98 Å². The fourth-order valence-corrected chi connectivity index (χ4v) is 2.97. The molecule has 1 fully saturated rings. The number of hydrogen-bond acceptors (Lipinski definition) is 3. The number of ether oxygens (including phenoxy) is 2. The smallest absolute Gasteiger partial charge is 0.159 e. The molecule has 0 saturated carbocycles. The van der Waals surface area contributed by atoms with Crippen molar-refractivity contribution in [3.8, 4) is 0 Å². The van der Waals surface area contributed by atoms with E-state index in [-0.39, 0.29) is 6.29 Å². The number of nitrogens with zero attached hydrogens (tertiary/aromatic N) is 2. The van der Waals surface area contributed by atoms with Crippen molar-refractivity contribution < 1.29 is 9.47 Å². The molecular weight excluding hydrogens is 228 g/mol. The molecule has 1 aromatic heterocycles. The maximum Gasteiger partial charge on any atom is 0.159 e. The van der Waals surface area contributed by atoms with E-state index in [1.54, 1.807) is 0 Å². The van der Waals surface area contributed by atoms with Gasteiger partial charge in [0.25, 0.3) is 0 Å². The van der Waals surface area contributed by atoms with Gasteiger partial charge in [0.1, 0.15) is 5.82 Å². The van der Waals surface area contributed by atoms with Gasteiger partial charge in [0, 0.05) is 18.7 Å². The van der Waals surface area contributed by atoms with Crippen LogP contribution >= 0.6 is 0 Å². The molecule has 0 radical (unpaired) electrons. The molecule has 4 nitrogen and oxygen atoms in total. The maximum atomic E-state index is 5.60. The van der Waals surface area contributed by atoms with E-state index in [4.69, 9.17) is 14.5 Å². The predicted molar refractivity (Wildman–Crippen MR) is 68.5 cm³/mol. The maximum absolute atomic E-state index is 5.60. The molecule has 100 valence electrons. The van der Waals surface area contributed by atoms with Crippen molar-refractivity contribution in [3.63, 3.8) is 0 Å². The first-order chi connectivity index (χ1) is 8.84. The summed E-state index contributed by atoms with van der Waals surface area (Å²) < 4.78 is 13.6. The fourth-order valence-electron chi connectivity index (χ4n) is 2.97. The highest BCUT2D eigenvalue weighted by molar-refractivity contribution is 5.19. The van der Waals surface area contributed by atoms with E-state index in [1.165, 1.54) is 30.7 Å². The number of imidazole rings is 1. The van der Waals surface area contributed by atoms with Crippen LogP contribution in [0.5, 0.6) is 0 Å². The molecule has 0 aromatic carbocycles. The van der Waals surface area contributed by atoms with Crippen LogP contribution in [0, 0.1) is 6.92 Å². The van der Waals surface area contributed by atoms with Gasteiger partial charge in [-0.1, -0.05) is 0 Å². The highest BCUT2D eigenvalue weighted by Crippen LogP contribution is 2.23. The summed E-state index contributed by atoms with van der Waals surface area (Å²) in [5, 5.41) is 0. The van der Waals surface area contributed by atoms with Crippen molar-refractivity contribution in [1.82, 2.24) is 9.55 Å². The molecule has 1 aliphatic carbocycles. The van der Waals surface area contributed by atoms with E-state index in [0.29, 0.717) is 0 Å². The van der Waals surface area contributed by atoms with Crippen molar-refractivity contribution in [2.45, 2.75) is 58.3 Å². The quantitative estimate of drug-likeness (QED) is 0.825. The van der Waals surface area contributed by atoms with Gasteiger partial charge in [-0.2, -0.15) is 0 Å². The van der Waals surface area contributed by atoms with Crippen molar-refractivity contribution in [1.29, 1.82) is 0 Å². The number of fused-ring (bicyclic) bond motifs is 1. The minimum atomic E-state index is -0.0141. The second-order valence-electron chi connectivity index (χ2n) is 5.22. The molecule has 1 saturated heterocycles. The van der Waals surface area contributed by atoms with Gasteiger partial charge in [0.2, 0.25) is 0 Å². The summed E-state index contributed by atoms with van der Waals surface area (Å²) in [6, 6.07) is 0. The van der Waals surface area contributed by atoms with E-state index < -0.39 is 0 Å². The number of aryl methyl sites for hydroxylation is 2. The second kappa shape index (κ2) is 5.41. The molecule has 2 heterocycles. The molecule has 0 spiro atoms. The van der Waals surface area contributed by atoms with E-state index >= 15 is 0 Å². The van der Waals surface area contributed by atoms with Gasteiger partial charge in [-0.05, 0) is 39.0 Å². The Labute approximate surface area is 108 Å². The summed E-state index contributed by atoms with van der Waals surface area (Å²) >= 11 is 0. The molecule has 3 rings (SSSR count). The van der Waals surface area contributed by atoms with Gasteiger partial charge in [-0.3, -0.25) is 0 Å². The van der Waals surface area contributed by atoms with Crippen molar-refractivity contribution >= 4 is 0 Å². The van der Waals surface area contributed by atoms with E-state index in [1.807, 2.05) is 0 Å². The van der Waals surface area contributed by atoms with E-state index in [9.17, 15) is 0 Å². The van der Waals surface area contributed by atoms with E-state index in [2.05, 4.69) is 11.5 Å². The van der Waals surface area contributed by atoms with Gasteiger partial charge in [-0.15, -0.1) is 0 Å². The minimum absolute atomic E-state index is 0.0141. The molecule has 0 unspecified atom stereocenters. The van der Waals surface area contributed by atoms with Crippen molar-refractivity contribution in [2.75, 3.05) is 13.2 Å². The van der Waals surface area contributed by atoms with Crippen LogP contribution in [-0.4, -0.2) is 29.1 Å². The average molecular weight is 250 g/mol. The zero-order valence-corrected chi connectivity index (χ0v) is 11.2. The number of rotatable bonds is 3. The van der Waals surface area contributed by atoms with Crippen LogP contribution < -0.4 is 0 Å². The molecule has 0 amide bonds. The Morgan fingerprint density at radius 1 is 1.17 bits per heavy atom. The standard InChI is InChI=1S/C14H22N2O2/c1-11-15-12-5-2-3-6-13(12)16(11)8-7-14-17-9-4-10-18-14/h14H,2-10H2,1H3. The predicted octanol–water partition coefficient (Wildman–Crippen LogP) is 2.22. The lowest BCUT2D eigenvalue weighted by Crippen LogP contribution is -2.26. The van der Waals surface area contributed by atoms with Crippen LogP contribution in [0.15, 0.2) is 0 Å². The zero-order valence-electron chi connectivity index (χ0n) is 11.2. The molecule has 0 atom stereocenters. The summed E-state index contributed by atoms with van der Waals surface area (Å²) in [4.78, 5) is 4.70. The fraction of sp³-hybridized carbons (Fsp3) is 0.786. The van der Waals surface area contributed by atoms with E-state index in [0.717, 1.165) is 44.8 Å². The van der Waals surface area contributed by atoms with Gasteiger partial charge >= 0.3 is 0 Å². The van der Waals surface area contributed by atoms with Gasteiger partial charge < -0.3 is 14.0 Å². The largest absolute Gasteiger partial charge is 0.353 e. The first-order valence-electron chi connectivity index (χ1n) is 7.12. The lowest BCUT2D eigenvalue weighted by Gasteiger charge is -2.24. The third-order valence-electron chi connectivity index (χ3n) is 3.91. The Morgan fingerprint density at radius 3 is 2.78 bits per heavy atom. The lowest BCUT2D eigenvalue weighted by molar-refractivity contribution is -0.182. The monoisotopic (exact) mass is 250 g/mol. The highest BCUT2D eigenvalue weighted by Gasteiger charge is 2.20. The Morgan fingerprint density at radius 2 is 1.94 bits per heavy atom. The topological polar surface area (TPSA) is 36.3 Å². The summed E-state index contributed by atoms with van der Waals surface area (Å²) in [5.41, 5.74) is 2.78. The molecule has 1 aliphatic heterocycles. The number of hydrogen-bond donors (Lipinski definition) is 0. The molecule has 1 aromatic rings. The van der Waals surface area contributed by atoms with Crippen LogP contribution in [0.25, 0.3) is 0 Å². The summed E-state index contributed by atoms with van der Waals surface area (Å²) in [7, 11) is 0. The van der Waals surface area contributed by atoms with Crippen LogP contribution in [0.1, 0.15) is 42.9 Å². The highest BCUT2D eigenvalue weighted by atomic mass is 16.7. The Bertz CT molecular complexity index is 408. The summed E-state index contributed by atoms with van der Waals surface area (Å²) in [6.45, 7) is 4.76. The SMILES string of the molecule is Cc1nc2c(n1CCC1OCCCO1)CCCC2. The molecule has 4 heteroatoms. The van der Waals surface area contributed by atoms with Crippen LogP contribution in [0.3, 0.4) is 0 Å². The third-order valence-corrected chi connectivity index (χ3v) is 3.91. The number of aromatic nitrogens is 2. The Balaban J connectivity index is 1.66. The third kappa shape index (κ3) is 2.45. The summed E-state index contributed by atoms with van der Waals surface area (Å²) in [5.74, 6) is 1.15. The van der Waals surface area contributed by atoms with Crippen molar-refractivity contribution in [3.05, 3.63) is 17.2 Å². The molecule has 0 N–H and O–H groups in total. The van der Waals surface area contributed by atoms with Gasteiger partial charge in [0.15, 0.2) is 6.29 Å². The first-order valence-corrected chi connectivity index (χ1v) is 7.12. The molecular formula is C14H22N2O2. The molecule has 0 bridgehead atoms. The summed E-state index contributed by atoms with van der Waals surface area (Å²) in [6.07, 6.45) is 6.87. The molecule has 2 aliphatic rings. The van der Waals surface area contributed by atoms with Crippen LogP contribution in [0.2, 0.25) is 0 Å². The van der Waals surface area contributed by atoms with Crippen LogP contribution in [-0.2, 0) is 28.9 Å². The average Bonchev–Trinajstić information content (AvgIpc) is 2.73. The van der Waals surface area contributed by atoms with Gasteiger partial charge in [0.05, 0.1) is 18.9 Å². The Hall–Kier alpha value is -0.870. The second-order valence-corrected chi connectivity index (χ2v) is 5.22. The first kappa shape index (κ1) is 12.2. The Kier molecular flexibility index (Phi) is 3.66. The molecule has 18 heavy (non-hydrogen) atoms. The van der Waals surface area contributed by atoms with Crippen LogP contribution in [0.4, 0.5) is 0 Å². The zero-order chi connectivity index (χ0) is 12.4. The minimum Gasteiger partial charge on any atom is -0.353 e. The van der Waals surface area contributed by atoms with Crippen molar-refractivity contribution in [2.24, 2.45) is 0 Å². The normalized spacial score (nSPS) is 20.9.